The Balaban J connectivity index is 0.000000119. The van der Waals surface area contributed by atoms with Gasteiger partial charge in [0.15, 0.2) is 0 Å². The Bertz CT molecular complexity index is 2960. The van der Waals surface area contributed by atoms with E-state index in [-0.39, 0.29) is 19.5 Å². The zero-order valence-corrected chi connectivity index (χ0v) is 29.6. The van der Waals surface area contributed by atoms with Crippen LogP contribution in [0.3, 0.4) is 0 Å². The fourth-order valence-corrected chi connectivity index (χ4v) is 6.43. The molecule has 7 aromatic heterocycles. The van der Waals surface area contributed by atoms with Crippen molar-refractivity contribution in [1.82, 2.24) is 39.9 Å². The van der Waals surface area contributed by atoms with Gasteiger partial charge >= 0.3 is 0 Å². The second-order valence-electron chi connectivity index (χ2n) is 12.0. The summed E-state index contributed by atoms with van der Waals surface area (Å²) in [5, 5.41) is 15.5. The first kappa shape index (κ1) is 33.2. The van der Waals surface area contributed by atoms with Crippen LogP contribution in [-0.4, -0.2) is 39.9 Å². The second kappa shape index (κ2) is 14.4. The van der Waals surface area contributed by atoms with E-state index >= 15 is 0 Å². The van der Waals surface area contributed by atoms with Crippen LogP contribution in [0.5, 0.6) is 0 Å². The minimum Gasteiger partial charge on any atom is -0.254 e. The molecule has 0 N–H and O–H groups in total. The van der Waals surface area contributed by atoms with E-state index in [2.05, 4.69) is 84.5 Å². The van der Waals surface area contributed by atoms with Gasteiger partial charge in [-0.05, 0) is 66.7 Å². The van der Waals surface area contributed by atoms with Crippen LogP contribution in [0.1, 0.15) is 5.56 Å². The van der Waals surface area contributed by atoms with Gasteiger partial charge in [-0.15, -0.1) is 0 Å². The molecule has 11 rings (SSSR count). The molecule has 250 valence electrons. The second-order valence-corrected chi connectivity index (χ2v) is 12.0. The molecule has 9 nitrogen and oxygen atoms in total. The Morgan fingerprint density at radius 1 is 0.358 bits per heavy atom. The largest absolute Gasteiger partial charge is 0.254 e. The van der Waals surface area contributed by atoms with Crippen LogP contribution in [0.15, 0.2) is 152 Å². The summed E-state index contributed by atoms with van der Waals surface area (Å²) in [7, 11) is 0. The molecule has 0 bridgehead atoms. The summed E-state index contributed by atoms with van der Waals surface area (Å²) in [6, 6.07) is 39.5. The molecule has 0 radical (unpaired) electrons. The van der Waals surface area contributed by atoms with E-state index in [0.29, 0.717) is 11.1 Å². The molecule has 4 aromatic carbocycles. The van der Waals surface area contributed by atoms with Crippen LogP contribution in [0.2, 0.25) is 0 Å². The molecule has 0 saturated heterocycles. The Kier molecular flexibility index (Phi) is 8.99. The van der Waals surface area contributed by atoms with E-state index in [1.807, 2.05) is 54.6 Å². The predicted octanol–water partition coefficient (Wildman–Crippen LogP) is 9.31. The van der Waals surface area contributed by atoms with Crippen molar-refractivity contribution < 1.29 is 19.5 Å². The van der Waals surface area contributed by atoms with Gasteiger partial charge in [-0.2, -0.15) is 5.26 Å². The van der Waals surface area contributed by atoms with Crippen molar-refractivity contribution >= 4 is 87.5 Å². The molecule has 10 heteroatoms. The average Bonchev–Trinajstić information content (AvgIpc) is 3.23. The number of benzene rings is 4. The molecule has 0 amide bonds. The summed E-state index contributed by atoms with van der Waals surface area (Å²) < 4.78 is 0. The molecule has 53 heavy (non-hydrogen) atoms. The van der Waals surface area contributed by atoms with Gasteiger partial charge < -0.3 is 0 Å². The quantitative estimate of drug-likeness (QED) is 0.0843. The van der Waals surface area contributed by atoms with E-state index in [1.165, 1.54) is 0 Å². The summed E-state index contributed by atoms with van der Waals surface area (Å²) in [4.78, 5) is 35.9. The van der Waals surface area contributed by atoms with Crippen LogP contribution in [-0.2, 0) is 19.5 Å². The van der Waals surface area contributed by atoms with E-state index in [1.54, 1.807) is 49.3 Å². The molecule has 0 saturated carbocycles. The van der Waals surface area contributed by atoms with Crippen molar-refractivity contribution in [2.75, 3.05) is 0 Å². The zero-order valence-electron chi connectivity index (χ0n) is 27.8. The normalized spacial score (nSPS) is 10.8. The van der Waals surface area contributed by atoms with E-state index < -0.39 is 0 Å². The summed E-state index contributed by atoms with van der Waals surface area (Å²) in [5.74, 6) is 0. The Morgan fingerprint density at radius 3 is 1.11 bits per heavy atom. The number of aromatic nitrogens is 8. The monoisotopic (exact) mass is 769 g/mol. The summed E-state index contributed by atoms with van der Waals surface area (Å²) in [6.07, 6.45) is 10.7. The van der Waals surface area contributed by atoms with Crippen molar-refractivity contribution in [2.24, 2.45) is 0 Å². The Labute approximate surface area is 314 Å². The standard InChI is InChI=1S/C19H9N5.2C12H8N2.Ru/c20-10-11-5-6-14-15(9-11)24-19-13-4-2-8-22-17(13)16-12(18(19)23-14)3-1-7-21-16;2*1-3-9-5-6-10-4-2-8-14-12(10)11(9)13-7-1;/h1-9H;2*1-8H;. The van der Waals surface area contributed by atoms with Crippen LogP contribution < -0.4 is 0 Å². The molecular weight excluding hydrogens is 744 g/mol. The number of hydrogen-bond donors (Lipinski definition) is 0. The van der Waals surface area contributed by atoms with Crippen molar-refractivity contribution in [2.45, 2.75) is 0 Å². The summed E-state index contributed by atoms with van der Waals surface area (Å²) in [5.41, 5.74) is 9.16. The fraction of sp³-hybridized carbons (Fsp3) is 0. The number of nitrogens with zero attached hydrogens (tertiary/aromatic N) is 9. The number of rotatable bonds is 0. The van der Waals surface area contributed by atoms with Gasteiger partial charge in [0.05, 0.1) is 66.8 Å². The van der Waals surface area contributed by atoms with Crippen LogP contribution >= 0.6 is 0 Å². The molecule has 0 atom stereocenters. The van der Waals surface area contributed by atoms with Gasteiger partial charge in [0.25, 0.3) is 0 Å². The number of fused-ring (bicyclic) bond motifs is 13. The first-order chi connectivity index (χ1) is 25.7. The summed E-state index contributed by atoms with van der Waals surface area (Å²) >= 11 is 0. The van der Waals surface area contributed by atoms with Gasteiger partial charge in [-0.3, -0.25) is 29.9 Å². The topological polar surface area (TPSA) is 127 Å². The van der Waals surface area contributed by atoms with Crippen molar-refractivity contribution in [1.29, 1.82) is 5.26 Å². The number of nitriles is 1. The van der Waals surface area contributed by atoms with Crippen molar-refractivity contribution in [3.63, 3.8) is 0 Å². The van der Waals surface area contributed by atoms with Gasteiger partial charge in [0.2, 0.25) is 0 Å². The Hall–Kier alpha value is -6.95. The molecule has 7 heterocycles. The first-order valence-electron chi connectivity index (χ1n) is 16.6. The van der Waals surface area contributed by atoms with Crippen molar-refractivity contribution in [3.05, 3.63) is 158 Å². The third kappa shape index (κ3) is 6.20. The van der Waals surface area contributed by atoms with Gasteiger partial charge in [0.1, 0.15) is 0 Å². The maximum absolute atomic E-state index is 9.11. The van der Waals surface area contributed by atoms with Crippen molar-refractivity contribution in [3.8, 4) is 6.07 Å². The van der Waals surface area contributed by atoms with Gasteiger partial charge in [0, 0.05) is 89.0 Å². The van der Waals surface area contributed by atoms with E-state index in [4.69, 9.17) is 15.2 Å². The predicted molar refractivity (Wildman–Crippen MR) is 206 cm³/mol. The molecule has 0 unspecified atom stereocenters. The minimum atomic E-state index is 0. The van der Waals surface area contributed by atoms with E-state index in [0.717, 1.165) is 82.0 Å². The number of pyridine rings is 6. The summed E-state index contributed by atoms with van der Waals surface area (Å²) in [6.45, 7) is 0. The molecule has 0 spiro atoms. The molecule has 0 aliphatic carbocycles. The molecule has 0 aliphatic heterocycles. The zero-order chi connectivity index (χ0) is 34.9. The first-order valence-corrected chi connectivity index (χ1v) is 16.6. The van der Waals surface area contributed by atoms with Crippen LogP contribution in [0.25, 0.3) is 87.5 Å². The third-order valence-corrected chi connectivity index (χ3v) is 8.83. The van der Waals surface area contributed by atoms with E-state index in [9.17, 15) is 0 Å². The van der Waals surface area contributed by atoms with Crippen LogP contribution in [0.4, 0.5) is 0 Å². The minimum absolute atomic E-state index is 0. The molecule has 11 aromatic rings. The maximum Gasteiger partial charge on any atom is 0.0996 e. The molecule has 0 fully saturated rings. The Morgan fingerprint density at radius 2 is 0.717 bits per heavy atom. The number of hydrogen-bond acceptors (Lipinski definition) is 9. The smallest absolute Gasteiger partial charge is 0.0996 e. The average molecular weight is 769 g/mol. The van der Waals surface area contributed by atoms with Gasteiger partial charge in [-0.25, -0.2) is 9.97 Å². The van der Waals surface area contributed by atoms with Gasteiger partial charge in [-0.1, -0.05) is 48.5 Å². The SMILES string of the molecule is N#Cc1ccc2nc3c4cccnc4c4ncccc4c3nc2c1.[Ru].c1cnc2c(c1)ccc1cccnc12.c1cnc2c(c1)ccc1cccnc12. The maximum atomic E-state index is 9.11. The fourth-order valence-electron chi connectivity index (χ4n) is 6.43. The molecule has 0 aliphatic rings. The van der Waals surface area contributed by atoms with Crippen LogP contribution in [0, 0.1) is 11.3 Å². The molecular formula is C43H25N9Ru. The third-order valence-electron chi connectivity index (χ3n) is 8.83.